The van der Waals surface area contributed by atoms with Crippen LogP contribution in [0, 0.1) is 6.92 Å². The topological polar surface area (TPSA) is 43.4 Å². The molecular formula is C15H20N2O2S. The lowest BCUT2D eigenvalue weighted by Gasteiger charge is -2.19. The van der Waals surface area contributed by atoms with Gasteiger partial charge in [0.25, 0.3) is 0 Å². The Balaban J connectivity index is 2.30. The fourth-order valence-corrected chi connectivity index (χ4v) is 2.82. The number of aryl methyl sites for hydroxylation is 1. The van der Waals surface area contributed by atoms with E-state index in [0.717, 1.165) is 34.2 Å². The van der Waals surface area contributed by atoms with Gasteiger partial charge in [-0.05, 0) is 32.2 Å². The maximum absolute atomic E-state index is 5.46. The van der Waals surface area contributed by atoms with E-state index >= 15 is 0 Å². The number of rotatable bonds is 6. The second-order valence-corrected chi connectivity index (χ2v) is 5.57. The highest BCUT2D eigenvalue weighted by Crippen LogP contribution is 2.31. The minimum absolute atomic E-state index is 0.140. The van der Waals surface area contributed by atoms with Crippen molar-refractivity contribution in [3.8, 4) is 11.5 Å². The highest BCUT2D eigenvalue weighted by Gasteiger charge is 2.17. The van der Waals surface area contributed by atoms with Crippen LogP contribution in [-0.2, 0) is 6.42 Å². The second-order valence-electron chi connectivity index (χ2n) is 4.51. The number of aromatic nitrogens is 1. The van der Waals surface area contributed by atoms with Gasteiger partial charge in [-0.3, -0.25) is 0 Å². The van der Waals surface area contributed by atoms with Gasteiger partial charge in [0.15, 0.2) is 0 Å². The van der Waals surface area contributed by atoms with Crippen LogP contribution in [0.4, 0.5) is 0 Å². The molecule has 20 heavy (non-hydrogen) atoms. The smallest absolute Gasteiger partial charge is 0.123 e. The zero-order valence-corrected chi connectivity index (χ0v) is 13.1. The fraction of sp³-hybridized carbons (Fsp3) is 0.400. The third-order valence-corrected chi connectivity index (χ3v) is 4.06. The van der Waals surface area contributed by atoms with Crippen LogP contribution >= 0.6 is 11.3 Å². The first-order valence-corrected chi connectivity index (χ1v) is 7.36. The summed E-state index contributed by atoms with van der Waals surface area (Å²) in [5.74, 6) is 1.69. The number of benzene rings is 1. The van der Waals surface area contributed by atoms with Crippen molar-refractivity contribution in [1.82, 2.24) is 10.3 Å². The quantitative estimate of drug-likeness (QED) is 0.889. The van der Waals surface area contributed by atoms with Crippen molar-refractivity contribution in [2.45, 2.75) is 19.4 Å². The SMILES string of the molecule is CNC(Cc1csc(C)n1)c1cc(OC)ccc1OC. The van der Waals surface area contributed by atoms with E-state index in [2.05, 4.69) is 15.7 Å². The normalized spacial score (nSPS) is 12.2. The summed E-state index contributed by atoms with van der Waals surface area (Å²) in [5.41, 5.74) is 2.18. The first kappa shape index (κ1) is 14.8. The third-order valence-electron chi connectivity index (χ3n) is 3.24. The molecule has 1 atom stereocenters. The molecule has 2 rings (SSSR count). The molecule has 0 radical (unpaired) electrons. The van der Waals surface area contributed by atoms with E-state index in [1.165, 1.54) is 0 Å². The van der Waals surface area contributed by atoms with Gasteiger partial charge in [-0.25, -0.2) is 4.98 Å². The number of nitrogens with zero attached hydrogens (tertiary/aromatic N) is 1. The summed E-state index contributed by atoms with van der Waals surface area (Å²) < 4.78 is 10.8. The minimum atomic E-state index is 0.140. The summed E-state index contributed by atoms with van der Waals surface area (Å²) in [6, 6.07) is 5.99. The van der Waals surface area contributed by atoms with Crippen LogP contribution in [-0.4, -0.2) is 26.3 Å². The Bertz CT molecular complexity index is 569. The number of methoxy groups -OCH3 is 2. The number of likely N-dealkylation sites (N-methyl/N-ethyl adjacent to an activating group) is 1. The number of ether oxygens (including phenoxy) is 2. The Morgan fingerprint density at radius 1 is 1.30 bits per heavy atom. The van der Waals surface area contributed by atoms with Gasteiger partial charge in [-0.15, -0.1) is 11.3 Å². The largest absolute Gasteiger partial charge is 0.497 e. The molecule has 0 bridgehead atoms. The monoisotopic (exact) mass is 292 g/mol. The molecule has 5 heteroatoms. The maximum Gasteiger partial charge on any atom is 0.123 e. The number of thiazole rings is 1. The predicted octanol–water partition coefficient (Wildman–Crippen LogP) is 2.97. The van der Waals surface area contributed by atoms with Crippen molar-refractivity contribution in [3.63, 3.8) is 0 Å². The van der Waals surface area contributed by atoms with E-state index < -0.39 is 0 Å². The lowest BCUT2D eigenvalue weighted by molar-refractivity contribution is 0.391. The summed E-state index contributed by atoms with van der Waals surface area (Å²) in [4.78, 5) is 4.53. The fourth-order valence-electron chi connectivity index (χ4n) is 2.19. The van der Waals surface area contributed by atoms with Gasteiger partial charge >= 0.3 is 0 Å². The molecule has 4 nitrogen and oxygen atoms in total. The molecule has 0 amide bonds. The lowest BCUT2D eigenvalue weighted by atomic mass is 10.0. The van der Waals surface area contributed by atoms with E-state index in [4.69, 9.17) is 9.47 Å². The molecule has 0 fully saturated rings. The standard InChI is InChI=1S/C15H20N2O2S/c1-10-17-11(9-20-10)7-14(16-2)13-8-12(18-3)5-6-15(13)19-4/h5-6,8-9,14,16H,7H2,1-4H3. The average Bonchev–Trinajstić information content (AvgIpc) is 2.89. The van der Waals surface area contributed by atoms with Gasteiger partial charge in [-0.2, -0.15) is 0 Å². The van der Waals surface area contributed by atoms with Crippen molar-refractivity contribution >= 4 is 11.3 Å². The van der Waals surface area contributed by atoms with Gasteiger partial charge < -0.3 is 14.8 Å². The Labute approximate surface area is 123 Å². The summed E-state index contributed by atoms with van der Waals surface area (Å²) in [7, 11) is 5.30. The van der Waals surface area contributed by atoms with Crippen LogP contribution < -0.4 is 14.8 Å². The molecule has 108 valence electrons. The Kier molecular flexibility index (Phi) is 4.98. The van der Waals surface area contributed by atoms with Crippen LogP contribution in [0.25, 0.3) is 0 Å². The molecular weight excluding hydrogens is 272 g/mol. The molecule has 2 aromatic rings. The average molecular weight is 292 g/mol. The van der Waals surface area contributed by atoms with Gasteiger partial charge in [0.1, 0.15) is 11.5 Å². The number of hydrogen-bond acceptors (Lipinski definition) is 5. The molecule has 1 aromatic heterocycles. The zero-order chi connectivity index (χ0) is 14.5. The molecule has 0 spiro atoms. The van der Waals surface area contributed by atoms with Crippen LogP contribution in [0.15, 0.2) is 23.6 Å². The molecule has 0 saturated carbocycles. The first-order chi connectivity index (χ1) is 9.67. The summed E-state index contributed by atoms with van der Waals surface area (Å²) >= 11 is 1.67. The second kappa shape index (κ2) is 6.72. The van der Waals surface area contributed by atoms with Crippen molar-refractivity contribution in [2.24, 2.45) is 0 Å². The van der Waals surface area contributed by atoms with Gasteiger partial charge in [0.05, 0.1) is 24.9 Å². The minimum Gasteiger partial charge on any atom is -0.497 e. The van der Waals surface area contributed by atoms with E-state index in [1.54, 1.807) is 25.6 Å². The summed E-state index contributed by atoms with van der Waals surface area (Å²) in [6.45, 7) is 2.02. The summed E-state index contributed by atoms with van der Waals surface area (Å²) in [5, 5.41) is 6.52. The van der Waals surface area contributed by atoms with Crippen molar-refractivity contribution in [3.05, 3.63) is 39.8 Å². The van der Waals surface area contributed by atoms with Gasteiger partial charge in [0, 0.05) is 23.4 Å². The van der Waals surface area contributed by atoms with E-state index in [-0.39, 0.29) is 6.04 Å². The molecule has 1 heterocycles. The molecule has 0 aliphatic rings. The van der Waals surface area contributed by atoms with Gasteiger partial charge in [-0.1, -0.05) is 0 Å². The Hall–Kier alpha value is -1.59. The van der Waals surface area contributed by atoms with Crippen LogP contribution in [0.2, 0.25) is 0 Å². The Morgan fingerprint density at radius 3 is 2.65 bits per heavy atom. The first-order valence-electron chi connectivity index (χ1n) is 6.48. The molecule has 1 N–H and O–H groups in total. The predicted molar refractivity (Wildman–Crippen MR) is 81.9 cm³/mol. The van der Waals surface area contributed by atoms with Crippen LogP contribution in [0.3, 0.4) is 0 Å². The highest BCUT2D eigenvalue weighted by atomic mass is 32.1. The van der Waals surface area contributed by atoms with E-state index in [0.29, 0.717) is 0 Å². The van der Waals surface area contributed by atoms with E-state index in [9.17, 15) is 0 Å². The van der Waals surface area contributed by atoms with Crippen LogP contribution in [0.1, 0.15) is 22.3 Å². The molecule has 0 aliphatic heterocycles. The lowest BCUT2D eigenvalue weighted by Crippen LogP contribution is -2.20. The highest BCUT2D eigenvalue weighted by molar-refractivity contribution is 7.09. The number of hydrogen-bond donors (Lipinski definition) is 1. The maximum atomic E-state index is 5.46. The zero-order valence-electron chi connectivity index (χ0n) is 12.3. The molecule has 1 aromatic carbocycles. The summed E-state index contributed by atoms with van der Waals surface area (Å²) in [6.07, 6.45) is 0.824. The van der Waals surface area contributed by atoms with Gasteiger partial charge in [0.2, 0.25) is 0 Å². The van der Waals surface area contributed by atoms with Crippen molar-refractivity contribution in [2.75, 3.05) is 21.3 Å². The van der Waals surface area contributed by atoms with Crippen LogP contribution in [0.5, 0.6) is 11.5 Å². The van der Waals surface area contributed by atoms with E-state index in [1.807, 2.05) is 32.2 Å². The van der Waals surface area contributed by atoms with Crippen molar-refractivity contribution in [1.29, 1.82) is 0 Å². The molecule has 1 unspecified atom stereocenters. The van der Waals surface area contributed by atoms with Crippen molar-refractivity contribution < 1.29 is 9.47 Å². The number of nitrogens with one attached hydrogen (secondary N) is 1. The Morgan fingerprint density at radius 2 is 2.10 bits per heavy atom. The third kappa shape index (κ3) is 3.29. The molecule has 0 aliphatic carbocycles. The molecule has 0 saturated heterocycles.